The first kappa shape index (κ1) is 21.3. The summed E-state index contributed by atoms with van der Waals surface area (Å²) in [4.78, 5) is 12.7. The number of nitrogens with one attached hydrogen (secondary N) is 1. The molecule has 2 aromatic carbocycles. The van der Waals surface area contributed by atoms with Crippen LogP contribution < -0.4 is 5.32 Å². The molecule has 0 saturated heterocycles. The first-order chi connectivity index (χ1) is 15.1. The lowest BCUT2D eigenvalue weighted by molar-refractivity contribution is -0.143. The number of hydrogen-bond acceptors (Lipinski definition) is 3. The molecule has 0 aliphatic heterocycles. The monoisotopic (exact) mass is 443 g/mol. The predicted molar refractivity (Wildman–Crippen MR) is 110 cm³/mol. The number of benzene rings is 2. The van der Waals surface area contributed by atoms with Crippen LogP contribution in [0.25, 0.3) is 11.4 Å². The molecule has 10 heteroatoms. The fraction of sp³-hybridized carbons (Fsp3) is 0.136. The Bertz CT molecular complexity index is 1310. The molecule has 0 radical (unpaired) electrons. The van der Waals surface area contributed by atoms with Gasteiger partial charge < -0.3 is 5.32 Å². The molecule has 164 valence electrons. The van der Waals surface area contributed by atoms with Gasteiger partial charge in [0.2, 0.25) is 0 Å². The number of halogens is 4. The van der Waals surface area contributed by atoms with Gasteiger partial charge in [-0.1, -0.05) is 18.2 Å². The molecular formula is C22H17F4N5O. The van der Waals surface area contributed by atoms with Crippen molar-refractivity contribution in [3.63, 3.8) is 0 Å². The average Bonchev–Trinajstić information content (AvgIpc) is 3.31. The maximum absolute atomic E-state index is 14.1. The zero-order chi connectivity index (χ0) is 23.0. The highest BCUT2D eigenvalue weighted by molar-refractivity contribution is 6.05. The van der Waals surface area contributed by atoms with Crippen molar-refractivity contribution in [2.45, 2.75) is 20.0 Å². The SMILES string of the molecule is Cc1cc(C)n(-c2cccc(NC(=O)c3cnn(-c4ccccc4F)c3C(F)(F)F)c2)n1. The number of nitrogens with zero attached hydrogens (tertiary/aromatic N) is 4. The van der Waals surface area contributed by atoms with Crippen molar-refractivity contribution < 1.29 is 22.4 Å². The van der Waals surface area contributed by atoms with E-state index in [-0.39, 0.29) is 5.69 Å². The molecule has 0 spiro atoms. The van der Waals surface area contributed by atoms with Gasteiger partial charge in [-0.15, -0.1) is 0 Å². The van der Waals surface area contributed by atoms with E-state index in [4.69, 9.17) is 0 Å². The van der Waals surface area contributed by atoms with Gasteiger partial charge in [0.25, 0.3) is 5.91 Å². The Morgan fingerprint density at radius 3 is 2.41 bits per heavy atom. The number of carbonyl (C=O) groups is 1. The Kier molecular flexibility index (Phi) is 5.29. The molecule has 1 N–H and O–H groups in total. The predicted octanol–water partition coefficient (Wildman–Crippen LogP) is 5.09. The van der Waals surface area contributed by atoms with E-state index in [0.717, 1.165) is 29.7 Å². The maximum Gasteiger partial charge on any atom is 0.434 e. The van der Waals surface area contributed by atoms with Gasteiger partial charge in [-0.2, -0.15) is 23.4 Å². The number of amides is 1. The molecule has 2 heterocycles. The van der Waals surface area contributed by atoms with Gasteiger partial charge in [-0.3, -0.25) is 4.79 Å². The summed E-state index contributed by atoms with van der Waals surface area (Å²) in [5.41, 5.74) is 0.0552. The molecule has 0 aliphatic rings. The van der Waals surface area contributed by atoms with E-state index in [1.165, 1.54) is 12.1 Å². The topological polar surface area (TPSA) is 64.7 Å². The van der Waals surface area contributed by atoms with Crippen LogP contribution in [0.3, 0.4) is 0 Å². The van der Waals surface area contributed by atoms with E-state index >= 15 is 0 Å². The van der Waals surface area contributed by atoms with Gasteiger partial charge >= 0.3 is 6.18 Å². The standard InChI is InChI=1S/C22H17F4N5O/c1-13-10-14(2)30(29-13)16-7-5-6-15(11-16)28-21(32)17-12-27-31(20(17)22(24,25)26)19-9-4-3-8-18(19)23/h3-12H,1-2H3,(H,28,32). The van der Waals surface area contributed by atoms with Gasteiger partial charge in [0.1, 0.15) is 11.5 Å². The second kappa shape index (κ2) is 7.95. The Morgan fingerprint density at radius 1 is 1.00 bits per heavy atom. The largest absolute Gasteiger partial charge is 0.434 e. The summed E-state index contributed by atoms with van der Waals surface area (Å²) in [6.07, 6.45) is -4.17. The third-order valence-corrected chi connectivity index (χ3v) is 4.72. The molecule has 0 fully saturated rings. The highest BCUT2D eigenvalue weighted by Crippen LogP contribution is 2.34. The average molecular weight is 443 g/mol. The molecule has 4 aromatic rings. The van der Waals surface area contributed by atoms with E-state index < -0.39 is 34.8 Å². The molecule has 4 rings (SSSR count). The lowest BCUT2D eigenvalue weighted by atomic mass is 10.2. The first-order valence-electron chi connectivity index (χ1n) is 9.50. The first-order valence-corrected chi connectivity index (χ1v) is 9.50. The van der Waals surface area contributed by atoms with E-state index in [1.54, 1.807) is 28.9 Å². The number of hydrogen-bond donors (Lipinski definition) is 1. The van der Waals surface area contributed by atoms with Crippen molar-refractivity contribution in [3.05, 3.63) is 89.3 Å². The number of para-hydroxylation sites is 1. The van der Waals surface area contributed by atoms with Crippen molar-refractivity contribution in [3.8, 4) is 11.4 Å². The van der Waals surface area contributed by atoms with Crippen LogP contribution in [0.4, 0.5) is 23.2 Å². The smallest absolute Gasteiger partial charge is 0.322 e. The zero-order valence-corrected chi connectivity index (χ0v) is 17.0. The van der Waals surface area contributed by atoms with Gasteiger partial charge in [0.05, 0.1) is 23.1 Å². The van der Waals surface area contributed by atoms with Crippen LogP contribution >= 0.6 is 0 Å². The quantitative estimate of drug-likeness (QED) is 0.447. The third-order valence-electron chi connectivity index (χ3n) is 4.72. The van der Waals surface area contributed by atoms with Gasteiger partial charge in [-0.25, -0.2) is 13.8 Å². The Morgan fingerprint density at radius 2 is 1.75 bits per heavy atom. The molecule has 1 amide bonds. The number of carbonyl (C=O) groups excluding carboxylic acids is 1. The van der Waals surface area contributed by atoms with Crippen molar-refractivity contribution in [2.24, 2.45) is 0 Å². The second-order valence-corrected chi connectivity index (χ2v) is 7.11. The Labute approximate surface area is 180 Å². The zero-order valence-electron chi connectivity index (χ0n) is 17.0. The molecule has 0 unspecified atom stereocenters. The fourth-order valence-electron chi connectivity index (χ4n) is 3.40. The van der Waals surface area contributed by atoms with E-state index in [0.29, 0.717) is 10.4 Å². The van der Waals surface area contributed by atoms with Crippen LogP contribution in [0.5, 0.6) is 0 Å². The normalized spacial score (nSPS) is 11.6. The Balaban J connectivity index is 1.70. The number of aryl methyl sites for hydroxylation is 2. The summed E-state index contributed by atoms with van der Waals surface area (Å²) in [6.45, 7) is 3.69. The number of alkyl halides is 3. The number of rotatable bonds is 4. The molecule has 0 atom stereocenters. The summed E-state index contributed by atoms with van der Waals surface area (Å²) < 4.78 is 57.6. The van der Waals surface area contributed by atoms with Crippen LogP contribution in [0.15, 0.2) is 60.8 Å². The second-order valence-electron chi connectivity index (χ2n) is 7.11. The minimum absolute atomic E-state index is 0.270. The molecule has 32 heavy (non-hydrogen) atoms. The molecule has 0 bridgehead atoms. The number of anilines is 1. The third kappa shape index (κ3) is 3.98. The van der Waals surface area contributed by atoms with E-state index in [2.05, 4.69) is 15.5 Å². The van der Waals surface area contributed by atoms with E-state index in [9.17, 15) is 22.4 Å². The van der Waals surface area contributed by atoms with Crippen LogP contribution in [0.1, 0.15) is 27.4 Å². The van der Waals surface area contributed by atoms with Crippen LogP contribution in [0, 0.1) is 19.7 Å². The van der Waals surface area contributed by atoms with E-state index in [1.807, 2.05) is 19.9 Å². The summed E-state index contributed by atoms with van der Waals surface area (Å²) >= 11 is 0. The van der Waals surface area contributed by atoms with Gasteiger partial charge in [0, 0.05) is 11.4 Å². The van der Waals surface area contributed by atoms with Gasteiger partial charge in [-0.05, 0) is 50.2 Å². The summed E-state index contributed by atoms with van der Waals surface area (Å²) in [5.74, 6) is -1.92. The fourth-order valence-corrected chi connectivity index (χ4v) is 3.40. The maximum atomic E-state index is 14.1. The molecule has 2 aromatic heterocycles. The van der Waals surface area contributed by atoms with Crippen LogP contribution in [-0.4, -0.2) is 25.5 Å². The number of aromatic nitrogens is 4. The summed E-state index contributed by atoms with van der Waals surface area (Å²) in [6, 6.07) is 13.3. The lowest BCUT2D eigenvalue weighted by Gasteiger charge is -2.13. The highest BCUT2D eigenvalue weighted by atomic mass is 19.4. The van der Waals surface area contributed by atoms with Crippen molar-refractivity contribution in [1.82, 2.24) is 19.6 Å². The molecular weight excluding hydrogens is 426 g/mol. The van der Waals surface area contributed by atoms with Crippen molar-refractivity contribution >= 4 is 11.6 Å². The summed E-state index contributed by atoms with van der Waals surface area (Å²) in [5, 5.41) is 10.5. The lowest BCUT2D eigenvalue weighted by Crippen LogP contribution is -2.21. The van der Waals surface area contributed by atoms with Crippen molar-refractivity contribution in [2.75, 3.05) is 5.32 Å². The molecule has 6 nitrogen and oxygen atoms in total. The minimum Gasteiger partial charge on any atom is -0.322 e. The Hall–Kier alpha value is -3.95. The minimum atomic E-state index is -4.95. The molecule has 0 aliphatic carbocycles. The molecule has 0 saturated carbocycles. The van der Waals surface area contributed by atoms with Gasteiger partial charge in [0.15, 0.2) is 5.69 Å². The van der Waals surface area contributed by atoms with Crippen molar-refractivity contribution in [1.29, 1.82) is 0 Å². The van der Waals surface area contributed by atoms with Crippen LogP contribution in [0.2, 0.25) is 0 Å². The van der Waals surface area contributed by atoms with Crippen LogP contribution in [-0.2, 0) is 6.18 Å². The summed E-state index contributed by atoms with van der Waals surface area (Å²) in [7, 11) is 0. The highest BCUT2D eigenvalue weighted by Gasteiger charge is 2.41.